The predicted molar refractivity (Wildman–Crippen MR) is 114 cm³/mol. The summed E-state index contributed by atoms with van der Waals surface area (Å²) in [5.74, 6) is 0. The summed E-state index contributed by atoms with van der Waals surface area (Å²) in [4.78, 5) is 2.20. The molecular formula is C20H20Cl2N4O2S. The first kappa shape index (κ1) is 20.4. The van der Waals surface area contributed by atoms with E-state index in [4.69, 9.17) is 23.2 Å². The summed E-state index contributed by atoms with van der Waals surface area (Å²) >= 11 is 12.2. The standard InChI is InChI=1S/C20H20Cl2N4O2S/c21-18-7-4-8-19(22)20(18)29(27,28)25-11-9-24(10-12-25)14-16-13-23-26(15-16)17-5-2-1-3-6-17/h1-8,13,15H,9-12,14H2. The molecule has 4 rings (SSSR count). The molecule has 2 heterocycles. The van der Waals surface area contributed by atoms with Gasteiger partial charge >= 0.3 is 0 Å². The van der Waals surface area contributed by atoms with Crippen LogP contribution in [0.3, 0.4) is 0 Å². The first-order chi connectivity index (χ1) is 13.9. The van der Waals surface area contributed by atoms with Crippen LogP contribution in [0, 0.1) is 0 Å². The highest BCUT2D eigenvalue weighted by Crippen LogP contribution is 2.32. The normalized spacial score (nSPS) is 16.2. The van der Waals surface area contributed by atoms with E-state index in [-0.39, 0.29) is 14.9 Å². The van der Waals surface area contributed by atoms with Crippen LogP contribution >= 0.6 is 23.2 Å². The molecule has 0 amide bonds. The Hall–Kier alpha value is -1.90. The summed E-state index contributed by atoms with van der Waals surface area (Å²) in [5.41, 5.74) is 2.09. The van der Waals surface area contributed by atoms with Gasteiger partial charge in [0.05, 0.1) is 21.9 Å². The summed E-state index contributed by atoms with van der Waals surface area (Å²) in [7, 11) is -3.73. The van der Waals surface area contributed by atoms with Gasteiger partial charge in [0, 0.05) is 44.5 Å². The van der Waals surface area contributed by atoms with Crippen molar-refractivity contribution < 1.29 is 8.42 Å². The maximum Gasteiger partial charge on any atom is 0.246 e. The van der Waals surface area contributed by atoms with Crippen molar-refractivity contribution in [2.24, 2.45) is 0 Å². The van der Waals surface area contributed by atoms with Gasteiger partial charge in [-0.3, -0.25) is 4.90 Å². The molecule has 0 saturated carbocycles. The monoisotopic (exact) mass is 450 g/mol. The molecule has 0 spiro atoms. The van der Waals surface area contributed by atoms with Gasteiger partial charge in [0.2, 0.25) is 10.0 Å². The fraction of sp³-hybridized carbons (Fsp3) is 0.250. The molecule has 0 atom stereocenters. The third-order valence-electron chi connectivity index (χ3n) is 4.91. The van der Waals surface area contributed by atoms with Crippen molar-refractivity contribution in [1.29, 1.82) is 0 Å². The highest BCUT2D eigenvalue weighted by atomic mass is 35.5. The molecular weight excluding hydrogens is 431 g/mol. The van der Waals surface area contributed by atoms with Crippen LogP contribution in [-0.4, -0.2) is 53.6 Å². The zero-order chi connectivity index (χ0) is 20.4. The van der Waals surface area contributed by atoms with E-state index in [1.807, 2.05) is 47.4 Å². The van der Waals surface area contributed by atoms with Gasteiger partial charge in [0.25, 0.3) is 0 Å². The summed E-state index contributed by atoms with van der Waals surface area (Å²) < 4.78 is 29.2. The second kappa shape index (κ2) is 8.45. The van der Waals surface area contributed by atoms with Gasteiger partial charge < -0.3 is 0 Å². The van der Waals surface area contributed by atoms with Gasteiger partial charge in [0.15, 0.2) is 0 Å². The quantitative estimate of drug-likeness (QED) is 0.594. The number of nitrogens with zero attached hydrogens (tertiary/aromatic N) is 4. The fourth-order valence-corrected chi connectivity index (χ4v) is 5.92. The Morgan fingerprint density at radius 1 is 0.897 bits per heavy atom. The van der Waals surface area contributed by atoms with Gasteiger partial charge in [-0.2, -0.15) is 9.40 Å². The topological polar surface area (TPSA) is 58.4 Å². The van der Waals surface area contributed by atoms with E-state index < -0.39 is 10.0 Å². The molecule has 152 valence electrons. The molecule has 1 aromatic heterocycles. The Bertz CT molecular complexity index is 1070. The van der Waals surface area contributed by atoms with E-state index in [2.05, 4.69) is 10.00 Å². The van der Waals surface area contributed by atoms with Crippen LogP contribution < -0.4 is 0 Å². The van der Waals surface area contributed by atoms with Crippen LogP contribution in [0.4, 0.5) is 0 Å². The average molecular weight is 451 g/mol. The fourth-order valence-electron chi connectivity index (χ4n) is 3.41. The van der Waals surface area contributed by atoms with Crippen molar-refractivity contribution in [3.63, 3.8) is 0 Å². The minimum Gasteiger partial charge on any atom is -0.296 e. The van der Waals surface area contributed by atoms with Crippen LogP contribution in [0.25, 0.3) is 5.69 Å². The molecule has 1 aliphatic rings. The Labute approximate surface area is 180 Å². The van der Waals surface area contributed by atoms with Gasteiger partial charge in [-0.25, -0.2) is 13.1 Å². The Balaban J connectivity index is 1.41. The van der Waals surface area contributed by atoms with Crippen LogP contribution in [0.1, 0.15) is 5.56 Å². The molecule has 3 aromatic rings. The maximum atomic E-state index is 13.0. The minimum absolute atomic E-state index is 0.0130. The van der Waals surface area contributed by atoms with Crippen molar-refractivity contribution in [2.75, 3.05) is 26.2 Å². The van der Waals surface area contributed by atoms with Crippen molar-refractivity contribution in [2.45, 2.75) is 11.4 Å². The first-order valence-corrected chi connectivity index (χ1v) is 11.4. The van der Waals surface area contributed by atoms with Gasteiger partial charge in [-0.15, -0.1) is 0 Å². The lowest BCUT2D eigenvalue weighted by Crippen LogP contribution is -2.48. The van der Waals surface area contributed by atoms with Crippen molar-refractivity contribution in [3.8, 4) is 5.69 Å². The van der Waals surface area contributed by atoms with Crippen LogP contribution in [0.2, 0.25) is 10.0 Å². The first-order valence-electron chi connectivity index (χ1n) is 9.20. The van der Waals surface area contributed by atoms with E-state index in [9.17, 15) is 8.42 Å². The lowest BCUT2D eigenvalue weighted by Gasteiger charge is -2.34. The van der Waals surface area contributed by atoms with E-state index in [1.54, 1.807) is 18.2 Å². The number of benzene rings is 2. The molecule has 0 bridgehead atoms. The molecule has 1 saturated heterocycles. The molecule has 1 aliphatic heterocycles. The number of sulfonamides is 1. The number of piperazine rings is 1. The number of hydrogen-bond acceptors (Lipinski definition) is 4. The second-order valence-electron chi connectivity index (χ2n) is 6.86. The molecule has 0 N–H and O–H groups in total. The Morgan fingerprint density at radius 3 is 2.21 bits per heavy atom. The molecule has 6 nitrogen and oxygen atoms in total. The third kappa shape index (κ3) is 4.34. The van der Waals surface area contributed by atoms with Gasteiger partial charge in [0.1, 0.15) is 4.90 Å². The van der Waals surface area contributed by atoms with Crippen LogP contribution in [0.15, 0.2) is 65.8 Å². The van der Waals surface area contributed by atoms with Crippen molar-refractivity contribution >= 4 is 33.2 Å². The number of hydrogen-bond donors (Lipinski definition) is 0. The highest BCUT2D eigenvalue weighted by molar-refractivity contribution is 7.89. The molecule has 1 fully saturated rings. The molecule has 2 aromatic carbocycles. The van der Waals surface area contributed by atoms with Crippen molar-refractivity contribution in [3.05, 3.63) is 76.5 Å². The second-order valence-corrected chi connectivity index (χ2v) is 9.55. The zero-order valence-corrected chi connectivity index (χ0v) is 17.9. The van der Waals surface area contributed by atoms with Gasteiger partial charge in [-0.05, 0) is 24.3 Å². The van der Waals surface area contributed by atoms with E-state index in [0.717, 1.165) is 11.3 Å². The van der Waals surface area contributed by atoms with Crippen LogP contribution in [0.5, 0.6) is 0 Å². The smallest absolute Gasteiger partial charge is 0.246 e. The molecule has 9 heteroatoms. The Morgan fingerprint density at radius 2 is 1.55 bits per heavy atom. The lowest BCUT2D eigenvalue weighted by atomic mass is 10.3. The summed E-state index contributed by atoms with van der Waals surface area (Å²) in [6.07, 6.45) is 3.85. The Kier molecular flexibility index (Phi) is 5.94. The molecule has 0 unspecified atom stereocenters. The summed E-state index contributed by atoms with van der Waals surface area (Å²) in [5, 5.41) is 4.71. The largest absolute Gasteiger partial charge is 0.296 e. The van der Waals surface area contributed by atoms with E-state index in [1.165, 1.54) is 4.31 Å². The number of para-hydroxylation sites is 1. The third-order valence-corrected chi connectivity index (χ3v) is 7.77. The summed E-state index contributed by atoms with van der Waals surface area (Å²) in [6.45, 7) is 2.73. The number of aromatic nitrogens is 2. The summed E-state index contributed by atoms with van der Waals surface area (Å²) in [6, 6.07) is 14.6. The lowest BCUT2D eigenvalue weighted by molar-refractivity contribution is 0.181. The number of rotatable bonds is 5. The average Bonchev–Trinajstić information content (AvgIpc) is 3.17. The molecule has 0 aliphatic carbocycles. The minimum atomic E-state index is -3.73. The van der Waals surface area contributed by atoms with Crippen molar-refractivity contribution in [1.82, 2.24) is 19.0 Å². The zero-order valence-electron chi connectivity index (χ0n) is 15.6. The maximum absolute atomic E-state index is 13.0. The SMILES string of the molecule is O=S(=O)(c1c(Cl)cccc1Cl)N1CCN(Cc2cnn(-c3ccccc3)c2)CC1. The van der Waals surface area contributed by atoms with E-state index in [0.29, 0.717) is 32.7 Å². The van der Waals surface area contributed by atoms with Crippen LogP contribution in [-0.2, 0) is 16.6 Å². The van der Waals surface area contributed by atoms with E-state index >= 15 is 0 Å². The highest BCUT2D eigenvalue weighted by Gasteiger charge is 2.31. The predicted octanol–water partition coefficient (Wildman–Crippen LogP) is 3.69. The van der Waals surface area contributed by atoms with Gasteiger partial charge in [-0.1, -0.05) is 47.5 Å². The number of halogens is 2. The molecule has 29 heavy (non-hydrogen) atoms. The molecule has 0 radical (unpaired) electrons.